The molecule has 0 saturated heterocycles. The predicted molar refractivity (Wildman–Crippen MR) is 226 cm³/mol. The van der Waals surface area contributed by atoms with Crippen LogP contribution < -0.4 is 4.90 Å². The van der Waals surface area contributed by atoms with Gasteiger partial charge in [0, 0.05) is 16.8 Å². The Hall–Kier alpha value is -4.88. The number of anilines is 3. The average Bonchev–Trinajstić information content (AvgIpc) is 3.74. The lowest BCUT2D eigenvalue weighted by atomic mass is 9.59. The molecular formula is C53H51N. The lowest BCUT2D eigenvalue weighted by Crippen LogP contribution is -2.40. The van der Waals surface area contributed by atoms with Gasteiger partial charge in [-0.1, -0.05) is 137 Å². The van der Waals surface area contributed by atoms with Crippen LogP contribution in [-0.2, 0) is 16.2 Å². The summed E-state index contributed by atoms with van der Waals surface area (Å²) in [5.41, 5.74) is 18.4. The molecule has 6 aliphatic rings. The molecule has 1 spiro atoms. The van der Waals surface area contributed by atoms with Crippen molar-refractivity contribution in [3.8, 4) is 33.4 Å². The first kappa shape index (κ1) is 32.5. The third kappa shape index (κ3) is 4.57. The molecule has 268 valence electrons. The van der Waals surface area contributed by atoms with E-state index in [1.807, 2.05) is 0 Å². The third-order valence-electron chi connectivity index (χ3n) is 15.1. The fourth-order valence-electron chi connectivity index (χ4n) is 12.7. The van der Waals surface area contributed by atoms with E-state index in [0.29, 0.717) is 0 Å². The van der Waals surface area contributed by atoms with E-state index in [1.54, 1.807) is 11.1 Å². The van der Waals surface area contributed by atoms with Gasteiger partial charge in [-0.3, -0.25) is 0 Å². The van der Waals surface area contributed by atoms with Crippen molar-refractivity contribution in [1.29, 1.82) is 0 Å². The van der Waals surface area contributed by atoms with Gasteiger partial charge in [-0.25, -0.2) is 0 Å². The quantitative estimate of drug-likeness (QED) is 0.173. The number of benzene rings is 6. The minimum atomic E-state index is 0.0672. The Bertz CT molecular complexity index is 2410. The molecule has 12 rings (SSSR count). The van der Waals surface area contributed by atoms with Crippen molar-refractivity contribution in [3.05, 3.63) is 162 Å². The van der Waals surface area contributed by atoms with E-state index in [-0.39, 0.29) is 16.2 Å². The van der Waals surface area contributed by atoms with Crippen molar-refractivity contribution in [3.63, 3.8) is 0 Å². The molecule has 4 fully saturated rings. The molecule has 0 N–H and O–H groups in total. The minimum Gasteiger partial charge on any atom is -0.310 e. The van der Waals surface area contributed by atoms with Gasteiger partial charge >= 0.3 is 0 Å². The fourth-order valence-corrected chi connectivity index (χ4v) is 12.7. The first-order valence-electron chi connectivity index (χ1n) is 20.7. The van der Waals surface area contributed by atoms with Gasteiger partial charge in [0.15, 0.2) is 0 Å². The first-order valence-corrected chi connectivity index (χ1v) is 20.7. The SMILES string of the molecule is CC1(C)CCC(C)(C)c2c(N(c3ccc(-c4ccc(-c5ccccc5)cc4)cc3)c3ccc4c(c3)C3(c5ccccc5-4)C4CC5CC(C4)C3C5)cccc21. The van der Waals surface area contributed by atoms with Gasteiger partial charge in [-0.15, -0.1) is 0 Å². The molecule has 4 saturated carbocycles. The highest BCUT2D eigenvalue weighted by Gasteiger charge is 2.66. The monoisotopic (exact) mass is 701 g/mol. The Morgan fingerprint density at radius 2 is 1.09 bits per heavy atom. The van der Waals surface area contributed by atoms with Gasteiger partial charge in [-0.05, 0) is 159 Å². The Balaban J connectivity index is 1.08. The highest BCUT2D eigenvalue weighted by atomic mass is 15.1. The molecule has 1 heteroatoms. The number of hydrogen-bond donors (Lipinski definition) is 0. The molecule has 0 amide bonds. The summed E-state index contributed by atoms with van der Waals surface area (Å²) >= 11 is 0. The predicted octanol–water partition coefficient (Wildman–Crippen LogP) is 14.2. The van der Waals surface area contributed by atoms with Crippen LogP contribution in [0.15, 0.2) is 140 Å². The van der Waals surface area contributed by atoms with Crippen LogP contribution >= 0.6 is 0 Å². The third-order valence-corrected chi connectivity index (χ3v) is 15.1. The van der Waals surface area contributed by atoms with Crippen LogP contribution in [0.5, 0.6) is 0 Å². The molecule has 0 aliphatic heterocycles. The molecular weight excluding hydrogens is 651 g/mol. The van der Waals surface area contributed by atoms with Gasteiger partial charge < -0.3 is 4.90 Å². The zero-order valence-electron chi connectivity index (χ0n) is 32.3. The van der Waals surface area contributed by atoms with Gasteiger partial charge in [0.2, 0.25) is 0 Å². The molecule has 0 radical (unpaired) electrons. The van der Waals surface area contributed by atoms with Crippen molar-refractivity contribution < 1.29 is 0 Å². The molecule has 1 nitrogen and oxygen atoms in total. The van der Waals surface area contributed by atoms with Crippen LogP contribution in [0.1, 0.15) is 88.5 Å². The van der Waals surface area contributed by atoms with E-state index in [1.165, 1.54) is 100 Å². The van der Waals surface area contributed by atoms with Crippen LogP contribution in [0.25, 0.3) is 33.4 Å². The highest BCUT2D eigenvalue weighted by molar-refractivity contribution is 5.88. The Morgan fingerprint density at radius 3 is 1.83 bits per heavy atom. The summed E-state index contributed by atoms with van der Waals surface area (Å²) in [7, 11) is 0. The number of hydrogen-bond acceptors (Lipinski definition) is 1. The molecule has 54 heavy (non-hydrogen) atoms. The van der Waals surface area contributed by atoms with Crippen LogP contribution in [0.3, 0.4) is 0 Å². The summed E-state index contributed by atoms with van der Waals surface area (Å²) in [6.07, 6.45) is 8.06. The van der Waals surface area contributed by atoms with E-state index >= 15 is 0 Å². The van der Waals surface area contributed by atoms with Crippen molar-refractivity contribution in [2.24, 2.45) is 23.7 Å². The molecule has 5 atom stereocenters. The molecule has 6 aromatic carbocycles. The molecule has 0 aromatic heterocycles. The molecule has 6 aliphatic carbocycles. The normalized spacial score (nSPS) is 26.1. The second-order valence-electron chi connectivity index (χ2n) is 18.8. The van der Waals surface area contributed by atoms with E-state index in [4.69, 9.17) is 0 Å². The van der Waals surface area contributed by atoms with Gasteiger partial charge in [-0.2, -0.15) is 0 Å². The van der Waals surface area contributed by atoms with Gasteiger partial charge in [0.1, 0.15) is 0 Å². The van der Waals surface area contributed by atoms with Crippen molar-refractivity contribution in [1.82, 2.24) is 0 Å². The second-order valence-corrected chi connectivity index (χ2v) is 18.8. The van der Waals surface area contributed by atoms with Crippen LogP contribution in [-0.4, -0.2) is 0 Å². The van der Waals surface area contributed by atoms with Crippen molar-refractivity contribution >= 4 is 17.1 Å². The minimum absolute atomic E-state index is 0.0672. The molecule has 0 heterocycles. The van der Waals surface area contributed by atoms with E-state index < -0.39 is 0 Å². The van der Waals surface area contributed by atoms with Crippen LogP contribution in [0.4, 0.5) is 17.1 Å². The number of rotatable bonds is 5. The smallest absolute Gasteiger partial charge is 0.0502 e. The Kier molecular flexibility index (Phi) is 6.97. The topological polar surface area (TPSA) is 3.24 Å². The Labute approximate surface area is 322 Å². The standard InChI is InChI=1S/C53H51N/c1-51(2)27-28-52(3,4)50-46(51)15-10-16-49(50)54(41-23-21-38(22-24-41)37-19-17-36(18-20-37)35-11-6-5-7-12-35)42-25-26-44-43-13-8-9-14-45(43)53(48(44)33-42)40-30-34-29-39(32-40)47(53)31-34/h5-26,33-34,39-40,47H,27-32H2,1-4H3. The molecule has 5 unspecified atom stereocenters. The van der Waals surface area contributed by atoms with Gasteiger partial charge in [0.05, 0.1) is 5.69 Å². The highest BCUT2D eigenvalue weighted by Crippen LogP contribution is 2.73. The van der Waals surface area contributed by atoms with Crippen molar-refractivity contribution in [2.75, 3.05) is 4.90 Å². The van der Waals surface area contributed by atoms with Gasteiger partial charge in [0.25, 0.3) is 0 Å². The van der Waals surface area contributed by atoms with Crippen LogP contribution in [0, 0.1) is 23.7 Å². The summed E-state index contributed by atoms with van der Waals surface area (Å²) in [4.78, 5) is 2.63. The van der Waals surface area contributed by atoms with E-state index in [9.17, 15) is 0 Å². The summed E-state index contributed by atoms with van der Waals surface area (Å²) in [6, 6.07) is 53.4. The first-order chi connectivity index (χ1) is 26.2. The summed E-state index contributed by atoms with van der Waals surface area (Å²) < 4.78 is 0. The fraction of sp³-hybridized carbons (Fsp3) is 0.321. The van der Waals surface area contributed by atoms with Crippen LogP contribution in [0.2, 0.25) is 0 Å². The number of nitrogens with zero attached hydrogens (tertiary/aromatic N) is 1. The summed E-state index contributed by atoms with van der Waals surface area (Å²) in [5, 5.41) is 0. The summed E-state index contributed by atoms with van der Waals surface area (Å²) in [6.45, 7) is 9.86. The molecule has 4 bridgehead atoms. The second kappa shape index (κ2) is 11.6. The lowest BCUT2D eigenvalue weighted by molar-refractivity contribution is 0.191. The summed E-state index contributed by atoms with van der Waals surface area (Å²) in [5.74, 6) is 3.34. The zero-order chi connectivity index (χ0) is 36.4. The maximum Gasteiger partial charge on any atom is 0.0502 e. The largest absolute Gasteiger partial charge is 0.310 e. The number of fused-ring (bicyclic) bond motifs is 4. The average molecular weight is 702 g/mol. The van der Waals surface area contributed by atoms with E-state index in [2.05, 4.69) is 172 Å². The lowest BCUT2D eigenvalue weighted by Gasteiger charge is -2.45. The maximum absolute atomic E-state index is 2.67. The van der Waals surface area contributed by atoms with Crippen molar-refractivity contribution in [2.45, 2.75) is 82.5 Å². The Morgan fingerprint density at radius 1 is 0.481 bits per heavy atom. The zero-order valence-corrected chi connectivity index (χ0v) is 32.3. The maximum atomic E-state index is 2.67. The van der Waals surface area contributed by atoms with E-state index in [0.717, 1.165) is 23.7 Å². The molecule has 6 aromatic rings.